The van der Waals surface area contributed by atoms with Crippen LogP contribution in [0.5, 0.6) is 0 Å². The van der Waals surface area contributed by atoms with Gasteiger partial charge in [0.15, 0.2) is 10.8 Å². The maximum atomic E-state index is 12.2. The van der Waals surface area contributed by atoms with Crippen molar-refractivity contribution in [2.24, 2.45) is 0 Å². The highest BCUT2D eigenvalue weighted by Gasteiger charge is 2.21. The summed E-state index contributed by atoms with van der Waals surface area (Å²) in [6.45, 7) is 2.03. The van der Waals surface area contributed by atoms with Gasteiger partial charge in [0, 0.05) is 17.5 Å². The van der Waals surface area contributed by atoms with Gasteiger partial charge < -0.3 is 0 Å². The van der Waals surface area contributed by atoms with Gasteiger partial charge >= 0.3 is 0 Å². The third-order valence-corrected chi connectivity index (χ3v) is 3.36. The molecule has 1 heterocycles. The van der Waals surface area contributed by atoms with E-state index in [1.807, 2.05) is 42.6 Å². The van der Waals surface area contributed by atoms with Crippen LogP contribution < -0.4 is 0 Å². The van der Waals surface area contributed by atoms with E-state index in [1.165, 1.54) is 11.3 Å². The van der Waals surface area contributed by atoms with Gasteiger partial charge in [0.25, 0.3) is 0 Å². The summed E-state index contributed by atoms with van der Waals surface area (Å²) in [5.41, 5.74) is 1.07. The Kier molecular flexibility index (Phi) is 3.47. The van der Waals surface area contributed by atoms with Crippen LogP contribution in [0.1, 0.15) is 34.6 Å². The Bertz CT molecular complexity index is 450. The highest BCUT2D eigenvalue weighted by atomic mass is 32.1. The molecule has 0 saturated carbocycles. The first-order valence-corrected chi connectivity index (χ1v) is 6.19. The first kappa shape index (κ1) is 11.0. The van der Waals surface area contributed by atoms with Crippen molar-refractivity contribution in [1.82, 2.24) is 4.98 Å². The molecule has 0 aliphatic carbocycles. The number of rotatable bonds is 4. The van der Waals surface area contributed by atoms with Crippen molar-refractivity contribution in [3.05, 3.63) is 52.5 Å². The van der Waals surface area contributed by atoms with Gasteiger partial charge in [-0.1, -0.05) is 37.3 Å². The summed E-state index contributed by atoms with van der Waals surface area (Å²) in [6, 6.07) is 9.89. The fraction of sp³-hybridized carbons (Fsp3) is 0.231. The summed E-state index contributed by atoms with van der Waals surface area (Å²) in [7, 11) is 0. The summed E-state index contributed by atoms with van der Waals surface area (Å²) in [6.07, 6.45) is 2.48. The molecule has 1 aromatic carbocycles. The molecule has 0 aliphatic heterocycles. The van der Waals surface area contributed by atoms with Gasteiger partial charge in [-0.05, 0) is 12.0 Å². The molecule has 0 radical (unpaired) electrons. The number of aromatic nitrogens is 1. The number of nitrogens with zero attached hydrogens (tertiary/aromatic N) is 1. The summed E-state index contributed by atoms with van der Waals surface area (Å²) in [4.78, 5) is 16.3. The predicted molar refractivity (Wildman–Crippen MR) is 65.9 cm³/mol. The molecule has 2 nitrogen and oxygen atoms in total. The van der Waals surface area contributed by atoms with Crippen molar-refractivity contribution in [3.63, 3.8) is 0 Å². The fourth-order valence-electron chi connectivity index (χ4n) is 1.75. The molecule has 1 aromatic heterocycles. The van der Waals surface area contributed by atoms with Gasteiger partial charge in [0.1, 0.15) is 0 Å². The largest absolute Gasteiger partial charge is 0.291 e. The topological polar surface area (TPSA) is 30.0 Å². The van der Waals surface area contributed by atoms with Gasteiger partial charge in [-0.25, -0.2) is 4.98 Å². The second kappa shape index (κ2) is 5.03. The number of thiazole rings is 1. The molecule has 1 unspecified atom stereocenters. The molecule has 16 heavy (non-hydrogen) atoms. The van der Waals surface area contributed by atoms with Crippen molar-refractivity contribution >= 4 is 17.1 Å². The number of carbonyl (C=O) groups is 1. The molecule has 0 spiro atoms. The lowest BCUT2D eigenvalue weighted by Gasteiger charge is -2.12. The molecule has 0 fully saturated rings. The van der Waals surface area contributed by atoms with E-state index in [0.717, 1.165) is 12.0 Å². The van der Waals surface area contributed by atoms with Crippen LogP contribution in [-0.2, 0) is 0 Å². The van der Waals surface area contributed by atoms with E-state index >= 15 is 0 Å². The molecule has 0 saturated heterocycles. The number of hydrogen-bond acceptors (Lipinski definition) is 3. The van der Waals surface area contributed by atoms with E-state index in [9.17, 15) is 4.79 Å². The first-order valence-electron chi connectivity index (χ1n) is 5.31. The second-order valence-electron chi connectivity index (χ2n) is 3.57. The number of benzene rings is 1. The normalized spacial score (nSPS) is 12.3. The van der Waals surface area contributed by atoms with E-state index in [-0.39, 0.29) is 11.7 Å². The zero-order chi connectivity index (χ0) is 11.4. The summed E-state index contributed by atoms with van der Waals surface area (Å²) in [5.74, 6) is 0.0658. The maximum Gasteiger partial charge on any atom is 0.198 e. The minimum atomic E-state index is -0.0626. The van der Waals surface area contributed by atoms with Crippen LogP contribution in [0.3, 0.4) is 0 Å². The van der Waals surface area contributed by atoms with Gasteiger partial charge in [-0.2, -0.15) is 0 Å². The molecule has 2 rings (SSSR count). The van der Waals surface area contributed by atoms with Crippen molar-refractivity contribution in [2.45, 2.75) is 19.3 Å². The van der Waals surface area contributed by atoms with Crippen LogP contribution >= 0.6 is 11.3 Å². The standard InChI is InChI=1S/C13H13NOS/c1-2-11(10-6-4-3-5-7-10)12(15)13-14-8-9-16-13/h3-9,11H,2H2,1H3. The average Bonchev–Trinajstić information content (AvgIpc) is 2.85. The molecule has 2 aromatic rings. The quantitative estimate of drug-likeness (QED) is 0.753. The minimum absolute atomic E-state index is 0.0626. The van der Waals surface area contributed by atoms with Crippen LogP contribution in [0.15, 0.2) is 41.9 Å². The van der Waals surface area contributed by atoms with E-state index in [2.05, 4.69) is 4.98 Å². The summed E-state index contributed by atoms with van der Waals surface area (Å²) >= 11 is 1.41. The van der Waals surface area contributed by atoms with Gasteiger partial charge in [-0.3, -0.25) is 4.79 Å². The Morgan fingerprint density at radius 3 is 2.69 bits per heavy atom. The molecular weight excluding hydrogens is 218 g/mol. The SMILES string of the molecule is CCC(C(=O)c1nccs1)c1ccccc1. The molecule has 82 valence electrons. The number of carbonyl (C=O) groups excluding carboxylic acids is 1. The van der Waals surface area contributed by atoms with Gasteiger partial charge in [0.05, 0.1) is 0 Å². The zero-order valence-electron chi connectivity index (χ0n) is 9.09. The lowest BCUT2D eigenvalue weighted by Crippen LogP contribution is -2.11. The Morgan fingerprint density at radius 2 is 2.12 bits per heavy atom. The third-order valence-electron chi connectivity index (χ3n) is 2.57. The van der Waals surface area contributed by atoms with Crippen LogP contribution in [0.4, 0.5) is 0 Å². The van der Waals surface area contributed by atoms with Crippen molar-refractivity contribution in [1.29, 1.82) is 0 Å². The van der Waals surface area contributed by atoms with Crippen LogP contribution in [-0.4, -0.2) is 10.8 Å². The van der Waals surface area contributed by atoms with E-state index in [4.69, 9.17) is 0 Å². The molecule has 0 amide bonds. The Morgan fingerprint density at radius 1 is 1.38 bits per heavy atom. The van der Waals surface area contributed by atoms with Crippen molar-refractivity contribution in [3.8, 4) is 0 Å². The molecule has 0 aliphatic rings. The lowest BCUT2D eigenvalue weighted by molar-refractivity contribution is 0.0957. The monoisotopic (exact) mass is 231 g/mol. The fourth-order valence-corrected chi connectivity index (χ4v) is 2.38. The number of ketones is 1. The van der Waals surface area contributed by atoms with Crippen LogP contribution in [0.2, 0.25) is 0 Å². The minimum Gasteiger partial charge on any atom is -0.291 e. The van der Waals surface area contributed by atoms with E-state index in [1.54, 1.807) is 6.20 Å². The van der Waals surface area contributed by atoms with Crippen LogP contribution in [0.25, 0.3) is 0 Å². The molecule has 3 heteroatoms. The molecule has 1 atom stereocenters. The van der Waals surface area contributed by atoms with E-state index < -0.39 is 0 Å². The van der Waals surface area contributed by atoms with Crippen molar-refractivity contribution < 1.29 is 4.79 Å². The lowest BCUT2D eigenvalue weighted by atomic mass is 9.92. The Hall–Kier alpha value is -1.48. The molecule has 0 bridgehead atoms. The predicted octanol–water partition coefficient (Wildman–Crippen LogP) is 3.52. The number of hydrogen-bond donors (Lipinski definition) is 0. The smallest absolute Gasteiger partial charge is 0.198 e. The van der Waals surface area contributed by atoms with Gasteiger partial charge in [0.2, 0.25) is 0 Å². The second-order valence-corrected chi connectivity index (χ2v) is 4.47. The summed E-state index contributed by atoms with van der Waals surface area (Å²) < 4.78 is 0. The first-order chi connectivity index (χ1) is 7.83. The Balaban J connectivity index is 2.27. The highest BCUT2D eigenvalue weighted by Crippen LogP contribution is 2.24. The highest BCUT2D eigenvalue weighted by molar-refractivity contribution is 7.11. The van der Waals surface area contributed by atoms with Crippen molar-refractivity contribution in [2.75, 3.05) is 0 Å². The Labute approximate surface area is 99.0 Å². The average molecular weight is 231 g/mol. The molecular formula is C13H13NOS. The van der Waals surface area contributed by atoms with E-state index in [0.29, 0.717) is 5.01 Å². The summed E-state index contributed by atoms with van der Waals surface area (Å²) in [5, 5.41) is 2.45. The third kappa shape index (κ3) is 2.19. The number of Topliss-reactive ketones (excluding diaryl/α,β-unsaturated/α-hetero) is 1. The zero-order valence-corrected chi connectivity index (χ0v) is 9.91. The van der Waals surface area contributed by atoms with Gasteiger partial charge in [-0.15, -0.1) is 11.3 Å². The van der Waals surface area contributed by atoms with Crippen LogP contribution in [0, 0.1) is 0 Å². The maximum absolute atomic E-state index is 12.2. The molecule has 0 N–H and O–H groups in total.